The number of aromatic amines is 1. The molecule has 1 aliphatic carbocycles. The molecule has 218 valence electrons. The number of anilines is 2. The minimum atomic E-state index is -0.742. The molecule has 4 aromatic rings. The Kier molecular flexibility index (Phi) is 9.18. The molecule has 42 heavy (non-hydrogen) atoms. The number of nitrogens with zero attached hydrogens (tertiary/aromatic N) is 5. The van der Waals surface area contributed by atoms with Gasteiger partial charge in [-0.25, -0.2) is 4.98 Å². The number of hydrogen-bond acceptors (Lipinski definition) is 8. The van der Waals surface area contributed by atoms with Gasteiger partial charge in [-0.1, -0.05) is 24.3 Å². The van der Waals surface area contributed by atoms with E-state index in [4.69, 9.17) is 5.73 Å². The number of amides is 2. The van der Waals surface area contributed by atoms with Crippen molar-refractivity contribution in [3.8, 4) is 22.5 Å². The van der Waals surface area contributed by atoms with E-state index in [1.807, 2.05) is 73.7 Å². The van der Waals surface area contributed by atoms with Crippen LogP contribution in [0.5, 0.6) is 0 Å². The predicted octanol–water partition coefficient (Wildman–Crippen LogP) is 3.43. The zero-order valence-corrected chi connectivity index (χ0v) is 24.0. The van der Waals surface area contributed by atoms with Crippen molar-refractivity contribution in [3.63, 3.8) is 0 Å². The molecule has 5 N–H and O–H groups in total. The third-order valence-electron chi connectivity index (χ3n) is 7.87. The fourth-order valence-corrected chi connectivity index (χ4v) is 5.27. The van der Waals surface area contributed by atoms with Crippen molar-refractivity contribution in [2.75, 3.05) is 30.9 Å². The van der Waals surface area contributed by atoms with Crippen LogP contribution in [0.1, 0.15) is 31.2 Å². The summed E-state index contributed by atoms with van der Waals surface area (Å²) in [5.74, 6) is 1.35. The van der Waals surface area contributed by atoms with Crippen LogP contribution in [-0.2, 0) is 16.0 Å². The van der Waals surface area contributed by atoms with Crippen molar-refractivity contribution < 1.29 is 9.59 Å². The molecule has 1 aliphatic rings. The van der Waals surface area contributed by atoms with Gasteiger partial charge < -0.3 is 21.3 Å². The summed E-state index contributed by atoms with van der Waals surface area (Å²) in [5.41, 5.74) is 10.2. The summed E-state index contributed by atoms with van der Waals surface area (Å²) >= 11 is 0. The van der Waals surface area contributed by atoms with E-state index in [9.17, 15) is 9.59 Å². The van der Waals surface area contributed by atoms with Crippen molar-refractivity contribution >= 4 is 23.3 Å². The Morgan fingerprint density at radius 1 is 0.952 bits per heavy atom. The maximum atomic E-state index is 13.5. The molecule has 0 aliphatic heterocycles. The van der Waals surface area contributed by atoms with Crippen LogP contribution in [0.25, 0.3) is 22.5 Å². The molecule has 11 heteroatoms. The lowest BCUT2D eigenvalue weighted by molar-refractivity contribution is -0.130. The van der Waals surface area contributed by atoms with E-state index < -0.39 is 6.04 Å². The Morgan fingerprint density at radius 3 is 2.24 bits per heavy atom. The van der Waals surface area contributed by atoms with Crippen LogP contribution >= 0.6 is 0 Å². The lowest BCUT2D eigenvalue weighted by atomic mass is 9.81. The van der Waals surface area contributed by atoms with Gasteiger partial charge in [-0.15, -0.1) is 10.2 Å². The molecule has 1 saturated carbocycles. The summed E-state index contributed by atoms with van der Waals surface area (Å²) in [7, 11) is 3.91. The fourth-order valence-electron chi connectivity index (χ4n) is 5.27. The molecule has 0 radical (unpaired) electrons. The highest BCUT2D eigenvalue weighted by atomic mass is 16.2. The maximum absolute atomic E-state index is 13.5. The Balaban J connectivity index is 1.29. The molecule has 1 atom stereocenters. The Labute approximate surface area is 245 Å². The number of H-pyrrole nitrogens is 1. The molecule has 0 spiro atoms. The minimum Gasteiger partial charge on any atom is -0.363 e. The Bertz CT molecular complexity index is 1450. The lowest BCUT2D eigenvalue weighted by Crippen LogP contribution is -2.48. The Hall–Kier alpha value is -4.64. The molecule has 2 aromatic carbocycles. The van der Waals surface area contributed by atoms with E-state index in [-0.39, 0.29) is 17.7 Å². The third-order valence-corrected chi connectivity index (χ3v) is 7.87. The van der Waals surface area contributed by atoms with Crippen molar-refractivity contribution in [2.45, 2.75) is 38.1 Å². The van der Waals surface area contributed by atoms with Crippen LogP contribution in [0, 0.1) is 11.8 Å². The van der Waals surface area contributed by atoms with Crippen LogP contribution in [0.2, 0.25) is 0 Å². The van der Waals surface area contributed by atoms with E-state index in [1.165, 1.54) is 0 Å². The van der Waals surface area contributed by atoms with Gasteiger partial charge in [-0.2, -0.15) is 5.21 Å². The number of aromatic nitrogens is 5. The van der Waals surface area contributed by atoms with Crippen LogP contribution in [0.15, 0.2) is 66.9 Å². The molecule has 0 saturated heterocycles. The normalized spacial score (nSPS) is 17.3. The van der Waals surface area contributed by atoms with E-state index in [0.29, 0.717) is 30.4 Å². The van der Waals surface area contributed by atoms with E-state index >= 15 is 0 Å². The first-order chi connectivity index (χ1) is 20.4. The largest absolute Gasteiger partial charge is 0.363 e. The van der Waals surface area contributed by atoms with Crippen molar-refractivity contribution in [2.24, 2.45) is 17.6 Å². The first-order valence-electron chi connectivity index (χ1n) is 14.3. The number of carbonyl (C=O) groups excluding carboxylic acids is 2. The minimum absolute atomic E-state index is 0.0817. The van der Waals surface area contributed by atoms with E-state index in [2.05, 4.69) is 36.2 Å². The summed E-state index contributed by atoms with van der Waals surface area (Å²) in [6.07, 6.45) is 5.65. The molecule has 11 nitrogen and oxygen atoms in total. The quantitative estimate of drug-likeness (QED) is 0.227. The molecular weight excluding hydrogens is 530 g/mol. The summed E-state index contributed by atoms with van der Waals surface area (Å²) in [4.78, 5) is 33.3. The number of tetrazole rings is 1. The second-order valence-electron chi connectivity index (χ2n) is 11.0. The topological polar surface area (TPSA) is 155 Å². The van der Waals surface area contributed by atoms with Crippen molar-refractivity contribution in [1.82, 2.24) is 30.9 Å². The molecule has 2 aromatic heterocycles. The third kappa shape index (κ3) is 7.16. The summed E-state index contributed by atoms with van der Waals surface area (Å²) in [6, 6.07) is 18.5. The van der Waals surface area contributed by atoms with Gasteiger partial charge in [0.15, 0.2) is 0 Å². The highest BCUT2D eigenvalue weighted by Gasteiger charge is 2.29. The summed E-state index contributed by atoms with van der Waals surface area (Å²) in [6.45, 7) is 0.650. The van der Waals surface area contributed by atoms with Gasteiger partial charge in [0.25, 0.3) is 0 Å². The SMILES string of the molecule is CN(C)c1ccc(-c2ccc(C[C@H](NC(=O)C3CCC(CN)CC3)C(=O)Nc3ccc(-c4nn[nH]n4)cc3)cc2)cn1. The van der Waals surface area contributed by atoms with Gasteiger partial charge in [-0.3, -0.25) is 9.59 Å². The van der Waals surface area contributed by atoms with Gasteiger partial charge in [0.05, 0.1) is 0 Å². The highest BCUT2D eigenvalue weighted by molar-refractivity contribution is 5.97. The van der Waals surface area contributed by atoms with Crippen LogP contribution in [0.3, 0.4) is 0 Å². The van der Waals surface area contributed by atoms with Crippen LogP contribution in [0.4, 0.5) is 11.5 Å². The number of nitrogens with two attached hydrogens (primary N) is 1. The van der Waals surface area contributed by atoms with E-state index in [1.54, 1.807) is 12.1 Å². The van der Waals surface area contributed by atoms with Gasteiger partial charge in [0.2, 0.25) is 17.6 Å². The maximum Gasteiger partial charge on any atom is 0.247 e. The highest BCUT2D eigenvalue weighted by Crippen LogP contribution is 2.28. The van der Waals surface area contributed by atoms with E-state index in [0.717, 1.165) is 53.8 Å². The van der Waals surface area contributed by atoms with Gasteiger partial charge in [-0.05, 0) is 90.9 Å². The van der Waals surface area contributed by atoms with Crippen LogP contribution in [-0.4, -0.2) is 64.1 Å². The molecule has 5 rings (SSSR count). The first-order valence-corrected chi connectivity index (χ1v) is 14.3. The zero-order chi connectivity index (χ0) is 29.5. The number of pyridine rings is 1. The predicted molar refractivity (Wildman–Crippen MR) is 162 cm³/mol. The summed E-state index contributed by atoms with van der Waals surface area (Å²) < 4.78 is 0. The number of rotatable bonds is 10. The first kappa shape index (κ1) is 28.9. The summed E-state index contributed by atoms with van der Waals surface area (Å²) in [5, 5.41) is 20.0. The van der Waals surface area contributed by atoms with Gasteiger partial charge >= 0.3 is 0 Å². The van der Waals surface area contributed by atoms with Crippen molar-refractivity contribution in [1.29, 1.82) is 0 Å². The number of hydrogen-bond donors (Lipinski definition) is 4. The second kappa shape index (κ2) is 13.3. The molecule has 0 bridgehead atoms. The monoisotopic (exact) mass is 567 g/mol. The van der Waals surface area contributed by atoms with Crippen molar-refractivity contribution in [3.05, 3.63) is 72.4 Å². The molecule has 1 fully saturated rings. The molecular formula is C31H37N9O2. The number of benzene rings is 2. The Morgan fingerprint density at radius 2 is 1.64 bits per heavy atom. The molecule has 0 unspecified atom stereocenters. The molecule has 2 amide bonds. The number of carbonyl (C=O) groups is 2. The zero-order valence-electron chi connectivity index (χ0n) is 24.0. The van der Waals surface area contributed by atoms with Gasteiger partial charge in [0.1, 0.15) is 11.9 Å². The lowest BCUT2D eigenvalue weighted by Gasteiger charge is -2.28. The average Bonchev–Trinajstić information content (AvgIpc) is 3.57. The van der Waals surface area contributed by atoms with Crippen LogP contribution < -0.4 is 21.3 Å². The van der Waals surface area contributed by atoms with Gasteiger partial charge in [0, 0.05) is 49.4 Å². The average molecular weight is 568 g/mol. The smallest absolute Gasteiger partial charge is 0.247 e. The number of nitrogens with one attached hydrogen (secondary N) is 3. The second-order valence-corrected chi connectivity index (χ2v) is 11.0. The molecule has 2 heterocycles. The standard InChI is InChI=1S/C31H37N9O2/c1-40(2)28-16-13-25(19-33-28)22-7-3-20(4-8-22)17-27(35-30(41)24-9-5-21(18-32)6-10-24)31(42)34-26-14-11-23(12-15-26)29-36-38-39-37-29/h3-4,7-8,11-16,19,21,24,27H,5-6,9-10,17-18,32H2,1-2H3,(H,34,42)(H,35,41)(H,36,37,38,39)/t21?,24?,27-/m0/s1. The fraction of sp³-hybridized carbons (Fsp3) is 0.355.